The third kappa shape index (κ3) is 5.59. The lowest BCUT2D eigenvalue weighted by Crippen LogP contribution is -2.17. The van der Waals surface area contributed by atoms with E-state index < -0.39 is 0 Å². The quantitative estimate of drug-likeness (QED) is 0.195. The van der Waals surface area contributed by atoms with Gasteiger partial charge in [-0.3, -0.25) is 9.79 Å². The molecule has 7 heteroatoms. The molecule has 39 heavy (non-hydrogen) atoms. The molecule has 0 bridgehead atoms. The van der Waals surface area contributed by atoms with Crippen molar-refractivity contribution in [1.82, 2.24) is 4.57 Å². The van der Waals surface area contributed by atoms with Gasteiger partial charge < -0.3 is 14.6 Å². The van der Waals surface area contributed by atoms with E-state index >= 15 is 0 Å². The zero-order valence-electron chi connectivity index (χ0n) is 22.8. The van der Waals surface area contributed by atoms with Gasteiger partial charge in [0, 0.05) is 33.7 Å². The molecule has 1 aliphatic carbocycles. The third-order valence-corrected chi connectivity index (χ3v) is 8.35. The topological polar surface area (TPSA) is 72.7 Å². The first kappa shape index (κ1) is 26.6. The van der Waals surface area contributed by atoms with Crippen LogP contribution in [0.1, 0.15) is 73.4 Å². The van der Waals surface area contributed by atoms with Gasteiger partial charge in [-0.25, -0.2) is 4.79 Å². The van der Waals surface area contributed by atoms with Crippen LogP contribution in [0.2, 0.25) is 0 Å². The first-order valence-electron chi connectivity index (χ1n) is 13.4. The summed E-state index contributed by atoms with van der Waals surface area (Å²) in [5, 5.41) is 4.10. The van der Waals surface area contributed by atoms with E-state index in [-0.39, 0.29) is 11.9 Å². The molecule has 0 radical (unpaired) electrons. The van der Waals surface area contributed by atoms with Gasteiger partial charge in [-0.05, 0) is 95.3 Å². The molecule has 0 saturated heterocycles. The summed E-state index contributed by atoms with van der Waals surface area (Å²) in [4.78, 5) is 31.8. The van der Waals surface area contributed by atoms with Crippen molar-refractivity contribution >= 4 is 40.8 Å². The van der Waals surface area contributed by atoms with Gasteiger partial charge in [-0.15, -0.1) is 11.3 Å². The molecule has 4 aromatic rings. The molecule has 0 fully saturated rings. The molecule has 1 N–H and O–H groups in total. The van der Waals surface area contributed by atoms with Crippen molar-refractivity contribution in [2.45, 2.75) is 53.4 Å². The largest absolute Gasteiger partial charge is 0.462 e. The van der Waals surface area contributed by atoms with Crippen LogP contribution >= 0.6 is 11.3 Å². The minimum Gasteiger partial charge on any atom is -0.462 e. The molecule has 0 saturated carbocycles. The number of hydrogen-bond donors (Lipinski definition) is 1. The van der Waals surface area contributed by atoms with Crippen molar-refractivity contribution in [2.75, 3.05) is 11.9 Å². The lowest BCUT2D eigenvalue weighted by molar-refractivity contribution is 0.0526. The van der Waals surface area contributed by atoms with Crippen LogP contribution in [0.4, 0.5) is 11.4 Å². The molecule has 0 unspecified atom stereocenters. The van der Waals surface area contributed by atoms with Crippen molar-refractivity contribution in [2.24, 2.45) is 4.99 Å². The number of nitrogens with zero attached hydrogens (tertiary/aromatic N) is 2. The van der Waals surface area contributed by atoms with Gasteiger partial charge in [0.05, 0.1) is 23.4 Å². The summed E-state index contributed by atoms with van der Waals surface area (Å²) in [5.41, 5.74) is 8.09. The van der Waals surface area contributed by atoms with E-state index in [1.54, 1.807) is 36.5 Å². The maximum absolute atomic E-state index is 13.7. The second kappa shape index (κ2) is 11.4. The fraction of sp³-hybridized carbons (Fsp3) is 0.281. The van der Waals surface area contributed by atoms with Crippen molar-refractivity contribution in [1.29, 1.82) is 0 Å². The molecule has 5 rings (SSSR count). The molecular formula is C32H33N3O3S. The Hall–Kier alpha value is -3.97. The standard InChI is InChI=1S/C32H33N3O3S/c1-5-38-32(37)23-9-8-10-26(18-23)33-19-24-17-21(3)35(22(24)4)31-29(27-11-6-7-12-28(27)39-31)30(36)34-25-15-13-20(2)14-16-25/h8-10,13-19H,5-7,11-12H2,1-4H3,(H,34,36). The Labute approximate surface area is 233 Å². The van der Waals surface area contributed by atoms with Gasteiger partial charge in [0.25, 0.3) is 5.91 Å². The molecule has 2 aromatic heterocycles. The molecule has 200 valence electrons. The van der Waals surface area contributed by atoms with Gasteiger partial charge in [0.15, 0.2) is 0 Å². The van der Waals surface area contributed by atoms with Crippen molar-refractivity contribution in [3.63, 3.8) is 0 Å². The molecule has 6 nitrogen and oxygen atoms in total. The number of aromatic nitrogens is 1. The summed E-state index contributed by atoms with van der Waals surface area (Å²) in [6, 6.07) is 17.1. The normalized spacial score (nSPS) is 12.9. The Bertz CT molecular complexity index is 1560. The Morgan fingerprint density at radius 1 is 1.05 bits per heavy atom. The summed E-state index contributed by atoms with van der Waals surface area (Å²) < 4.78 is 7.30. The molecule has 1 aliphatic rings. The maximum atomic E-state index is 13.7. The predicted octanol–water partition coefficient (Wildman–Crippen LogP) is 7.52. The Morgan fingerprint density at radius 3 is 2.59 bits per heavy atom. The lowest BCUT2D eigenvalue weighted by atomic mass is 9.95. The van der Waals surface area contributed by atoms with Crippen LogP contribution in [0.5, 0.6) is 0 Å². The number of hydrogen-bond acceptors (Lipinski definition) is 5. The maximum Gasteiger partial charge on any atom is 0.338 e. The number of ether oxygens (including phenoxy) is 1. The fourth-order valence-corrected chi connectivity index (χ4v) is 6.57. The van der Waals surface area contributed by atoms with Crippen LogP contribution in [-0.2, 0) is 17.6 Å². The van der Waals surface area contributed by atoms with E-state index in [0.717, 1.165) is 64.4 Å². The van der Waals surface area contributed by atoms with Crippen LogP contribution in [0.3, 0.4) is 0 Å². The Kier molecular flexibility index (Phi) is 7.79. The first-order valence-corrected chi connectivity index (χ1v) is 14.2. The zero-order chi connectivity index (χ0) is 27.5. The summed E-state index contributed by atoms with van der Waals surface area (Å²) in [6.07, 6.45) is 6.00. The number of rotatable bonds is 7. The number of esters is 1. The minimum atomic E-state index is -0.356. The van der Waals surface area contributed by atoms with Gasteiger partial charge >= 0.3 is 5.97 Å². The number of anilines is 1. The lowest BCUT2D eigenvalue weighted by Gasteiger charge is -2.14. The highest BCUT2D eigenvalue weighted by molar-refractivity contribution is 7.15. The summed E-state index contributed by atoms with van der Waals surface area (Å²) >= 11 is 1.73. The number of aryl methyl sites for hydroxylation is 3. The van der Waals surface area contributed by atoms with E-state index in [1.807, 2.05) is 43.5 Å². The average Bonchev–Trinajstić information content (AvgIpc) is 3.44. The molecule has 0 spiro atoms. The summed E-state index contributed by atoms with van der Waals surface area (Å²) in [7, 11) is 0. The number of carbonyl (C=O) groups excluding carboxylic acids is 2. The molecule has 2 heterocycles. The molecular weight excluding hydrogens is 506 g/mol. The highest BCUT2D eigenvalue weighted by Gasteiger charge is 2.28. The molecule has 1 amide bonds. The predicted molar refractivity (Wildman–Crippen MR) is 159 cm³/mol. The average molecular weight is 540 g/mol. The van der Waals surface area contributed by atoms with Crippen LogP contribution in [0.25, 0.3) is 5.00 Å². The van der Waals surface area contributed by atoms with Gasteiger partial charge in [0.2, 0.25) is 0 Å². The van der Waals surface area contributed by atoms with E-state index in [0.29, 0.717) is 17.9 Å². The SMILES string of the molecule is CCOC(=O)c1cccc(N=Cc2cc(C)n(-c3sc4c(c3C(=O)Nc3ccc(C)cc3)CCCC4)c2C)c1. The zero-order valence-corrected chi connectivity index (χ0v) is 23.7. The highest BCUT2D eigenvalue weighted by Crippen LogP contribution is 2.39. The highest BCUT2D eigenvalue weighted by atomic mass is 32.1. The van der Waals surface area contributed by atoms with Crippen molar-refractivity contribution in [3.05, 3.63) is 98.7 Å². The number of benzene rings is 2. The summed E-state index contributed by atoms with van der Waals surface area (Å²) in [6.45, 7) is 8.27. The van der Waals surface area contributed by atoms with Gasteiger partial charge in [0.1, 0.15) is 5.00 Å². The molecule has 2 aromatic carbocycles. The Balaban J connectivity index is 1.50. The van der Waals surface area contributed by atoms with Crippen molar-refractivity contribution < 1.29 is 14.3 Å². The second-order valence-electron chi connectivity index (χ2n) is 9.90. The van der Waals surface area contributed by atoms with Gasteiger partial charge in [-0.2, -0.15) is 0 Å². The van der Waals surface area contributed by atoms with Crippen LogP contribution in [0.15, 0.2) is 59.6 Å². The number of nitrogens with one attached hydrogen (secondary N) is 1. The van der Waals surface area contributed by atoms with Crippen LogP contribution in [-0.4, -0.2) is 29.3 Å². The van der Waals surface area contributed by atoms with Crippen molar-refractivity contribution in [3.8, 4) is 5.00 Å². The van der Waals surface area contributed by atoms with E-state index in [4.69, 9.17) is 4.74 Å². The molecule has 0 aliphatic heterocycles. The second-order valence-corrected chi connectivity index (χ2v) is 11.0. The van der Waals surface area contributed by atoms with E-state index in [1.165, 1.54) is 10.4 Å². The number of carbonyl (C=O) groups is 2. The Morgan fingerprint density at radius 2 is 1.82 bits per heavy atom. The number of thiophene rings is 1. The summed E-state index contributed by atoms with van der Waals surface area (Å²) in [5.74, 6) is -0.419. The van der Waals surface area contributed by atoms with Crippen LogP contribution in [0, 0.1) is 20.8 Å². The van der Waals surface area contributed by atoms with E-state index in [2.05, 4.69) is 34.8 Å². The smallest absolute Gasteiger partial charge is 0.338 e. The monoisotopic (exact) mass is 539 g/mol. The number of aliphatic imine (C=N–C) groups is 1. The number of amides is 1. The van der Waals surface area contributed by atoms with Crippen LogP contribution < -0.4 is 5.32 Å². The first-order chi connectivity index (χ1) is 18.9. The fourth-order valence-electron chi connectivity index (χ4n) is 5.08. The number of fused-ring (bicyclic) bond motifs is 1. The molecule has 0 atom stereocenters. The van der Waals surface area contributed by atoms with Gasteiger partial charge in [-0.1, -0.05) is 23.8 Å². The minimum absolute atomic E-state index is 0.0632. The van der Waals surface area contributed by atoms with E-state index in [9.17, 15) is 9.59 Å². The third-order valence-electron chi connectivity index (χ3n) is 7.07.